The van der Waals surface area contributed by atoms with Crippen LogP contribution in [0.4, 0.5) is 18.9 Å². The summed E-state index contributed by atoms with van der Waals surface area (Å²) in [4.78, 5) is 0. The van der Waals surface area contributed by atoms with Crippen LogP contribution in [0.5, 0.6) is 0 Å². The molecular weight excluding hydrogens is 261 g/mol. The molecule has 0 aliphatic carbocycles. The molecule has 0 aliphatic heterocycles. The Balaban J connectivity index is 2.70. The number of anilines is 1. The van der Waals surface area contributed by atoms with Crippen molar-refractivity contribution in [3.05, 3.63) is 29.8 Å². The first kappa shape index (κ1) is 14.8. The molecule has 0 amide bonds. The van der Waals surface area contributed by atoms with E-state index in [2.05, 4.69) is 10.6 Å². The largest absolute Gasteiger partial charge is 0.418 e. The van der Waals surface area contributed by atoms with Gasteiger partial charge in [-0.3, -0.25) is 0 Å². The van der Waals surface area contributed by atoms with Gasteiger partial charge >= 0.3 is 6.18 Å². The molecular formula is C12H15F3N2S. The maximum absolute atomic E-state index is 12.7. The Hall–Kier alpha value is -1.30. The molecule has 2 nitrogen and oxygen atoms in total. The Morgan fingerprint density at radius 3 is 2.56 bits per heavy atom. The van der Waals surface area contributed by atoms with E-state index in [0.29, 0.717) is 6.54 Å². The number of para-hydroxylation sites is 1. The first-order valence-corrected chi connectivity index (χ1v) is 6.07. The molecule has 18 heavy (non-hydrogen) atoms. The summed E-state index contributed by atoms with van der Waals surface area (Å²) < 4.78 is 38.1. The number of thiocarbonyl (C=S) groups is 1. The van der Waals surface area contributed by atoms with Gasteiger partial charge in [-0.1, -0.05) is 25.5 Å². The molecule has 0 bridgehead atoms. The minimum atomic E-state index is -4.39. The predicted molar refractivity (Wildman–Crippen MR) is 70.6 cm³/mol. The van der Waals surface area contributed by atoms with Gasteiger partial charge in [0, 0.05) is 6.54 Å². The average molecular weight is 276 g/mol. The van der Waals surface area contributed by atoms with E-state index >= 15 is 0 Å². The maximum atomic E-state index is 12.7. The van der Waals surface area contributed by atoms with Gasteiger partial charge in [-0.25, -0.2) is 0 Å². The summed E-state index contributed by atoms with van der Waals surface area (Å²) in [5.41, 5.74) is -0.747. The number of alkyl halides is 3. The second-order valence-electron chi connectivity index (χ2n) is 3.78. The monoisotopic (exact) mass is 276 g/mol. The fourth-order valence-corrected chi connectivity index (χ4v) is 1.60. The first-order valence-electron chi connectivity index (χ1n) is 5.66. The smallest absolute Gasteiger partial charge is 0.362 e. The molecule has 1 aromatic rings. The van der Waals surface area contributed by atoms with Crippen LogP contribution in [0.3, 0.4) is 0 Å². The molecule has 6 heteroatoms. The highest BCUT2D eigenvalue weighted by Crippen LogP contribution is 2.34. The Labute approximate surface area is 110 Å². The van der Waals surface area contributed by atoms with Gasteiger partial charge in [-0.2, -0.15) is 13.2 Å². The lowest BCUT2D eigenvalue weighted by molar-refractivity contribution is -0.136. The molecule has 0 radical (unpaired) electrons. The van der Waals surface area contributed by atoms with Gasteiger partial charge in [-0.05, 0) is 30.8 Å². The first-order chi connectivity index (χ1) is 8.45. The third kappa shape index (κ3) is 4.52. The van der Waals surface area contributed by atoms with Gasteiger partial charge in [-0.15, -0.1) is 0 Å². The third-order valence-electron chi connectivity index (χ3n) is 2.30. The SMILES string of the molecule is CCCCNC(=S)Nc1ccccc1C(F)(F)F. The molecule has 2 N–H and O–H groups in total. The Morgan fingerprint density at radius 1 is 1.28 bits per heavy atom. The van der Waals surface area contributed by atoms with E-state index in [4.69, 9.17) is 12.2 Å². The van der Waals surface area contributed by atoms with Crippen LogP contribution < -0.4 is 10.6 Å². The van der Waals surface area contributed by atoms with Gasteiger partial charge in [0.15, 0.2) is 5.11 Å². The number of hydrogen-bond donors (Lipinski definition) is 2. The second-order valence-corrected chi connectivity index (χ2v) is 4.19. The number of hydrogen-bond acceptors (Lipinski definition) is 1. The quantitative estimate of drug-likeness (QED) is 0.646. The van der Waals surface area contributed by atoms with Crippen molar-refractivity contribution in [2.24, 2.45) is 0 Å². The van der Waals surface area contributed by atoms with Gasteiger partial charge in [0.05, 0.1) is 11.3 Å². The minimum Gasteiger partial charge on any atom is -0.362 e. The van der Waals surface area contributed by atoms with Gasteiger partial charge in [0.1, 0.15) is 0 Å². The van der Waals surface area contributed by atoms with E-state index in [0.717, 1.165) is 18.9 Å². The third-order valence-corrected chi connectivity index (χ3v) is 2.54. The highest BCUT2D eigenvalue weighted by Gasteiger charge is 2.33. The van der Waals surface area contributed by atoms with Crippen LogP contribution in [0.1, 0.15) is 25.3 Å². The van der Waals surface area contributed by atoms with Crippen molar-refractivity contribution in [1.29, 1.82) is 0 Å². The molecule has 0 saturated carbocycles. The Morgan fingerprint density at radius 2 is 1.94 bits per heavy atom. The summed E-state index contributed by atoms with van der Waals surface area (Å²) in [5, 5.41) is 5.65. The van der Waals surface area contributed by atoms with E-state index in [1.165, 1.54) is 18.2 Å². The van der Waals surface area contributed by atoms with Crippen molar-refractivity contribution >= 4 is 23.0 Å². The molecule has 0 unspecified atom stereocenters. The molecule has 0 aliphatic rings. The van der Waals surface area contributed by atoms with Crippen molar-refractivity contribution < 1.29 is 13.2 Å². The van der Waals surface area contributed by atoms with Crippen molar-refractivity contribution in [3.8, 4) is 0 Å². The molecule has 0 heterocycles. The van der Waals surface area contributed by atoms with Gasteiger partial charge in [0.2, 0.25) is 0 Å². The Bertz CT molecular complexity index is 405. The summed E-state index contributed by atoms with van der Waals surface area (Å²) in [6.07, 6.45) is -2.47. The second kappa shape index (κ2) is 6.58. The Kier molecular flexibility index (Phi) is 5.40. The van der Waals surface area contributed by atoms with Crippen LogP contribution in [0.15, 0.2) is 24.3 Å². The van der Waals surface area contributed by atoms with Crippen LogP contribution in [-0.2, 0) is 6.18 Å². The summed E-state index contributed by atoms with van der Waals surface area (Å²) in [5.74, 6) is 0. The molecule has 0 spiro atoms. The van der Waals surface area contributed by atoms with E-state index in [1.807, 2.05) is 6.92 Å². The van der Waals surface area contributed by atoms with Crippen LogP contribution in [0.25, 0.3) is 0 Å². The highest BCUT2D eigenvalue weighted by atomic mass is 32.1. The van der Waals surface area contributed by atoms with Crippen LogP contribution in [0.2, 0.25) is 0 Å². The molecule has 1 aromatic carbocycles. The van der Waals surface area contributed by atoms with E-state index in [-0.39, 0.29) is 10.8 Å². The standard InChI is InChI=1S/C12H15F3N2S/c1-2-3-8-16-11(18)17-10-7-5-4-6-9(10)12(13,14)15/h4-7H,2-3,8H2,1H3,(H2,16,17,18). The number of rotatable bonds is 4. The van der Waals surface area contributed by atoms with Gasteiger partial charge < -0.3 is 10.6 Å². The summed E-state index contributed by atoms with van der Waals surface area (Å²) in [6.45, 7) is 2.67. The normalized spacial score (nSPS) is 11.1. The molecule has 0 fully saturated rings. The number of unbranched alkanes of at least 4 members (excludes halogenated alkanes) is 1. The summed E-state index contributed by atoms with van der Waals surface area (Å²) in [6, 6.07) is 5.27. The van der Waals surface area contributed by atoms with Crippen LogP contribution >= 0.6 is 12.2 Å². The zero-order valence-electron chi connectivity index (χ0n) is 9.97. The predicted octanol–water partition coefficient (Wildman–Crippen LogP) is 3.79. The lowest BCUT2D eigenvalue weighted by Crippen LogP contribution is -2.30. The van der Waals surface area contributed by atoms with E-state index < -0.39 is 11.7 Å². The fourth-order valence-electron chi connectivity index (χ4n) is 1.38. The zero-order chi connectivity index (χ0) is 13.6. The molecule has 0 aromatic heterocycles. The number of nitrogens with one attached hydrogen (secondary N) is 2. The van der Waals surface area contributed by atoms with Crippen LogP contribution in [-0.4, -0.2) is 11.7 Å². The van der Waals surface area contributed by atoms with Crippen molar-refractivity contribution in [2.45, 2.75) is 25.9 Å². The van der Waals surface area contributed by atoms with Crippen molar-refractivity contribution in [3.63, 3.8) is 0 Å². The summed E-state index contributed by atoms with van der Waals surface area (Å²) >= 11 is 4.94. The lowest BCUT2D eigenvalue weighted by Gasteiger charge is -2.15. The van der Waals surface area contributed by atoms with Crippen molar-refractivity contribution in [2.75, 3.05) is 11.9 Å². The van der Waals surface area contributed by atoms with E-state index in [9.17, 15) is 13.2 Å². The van der Waals surface area contributed by atoms with Gasteiger partial charge in [0.25, 0.3) is 0 Å². The lowest BCUT2D eigenvalue weighted by atomic mass is 10.1. The maximum Gasteiger partial charge on any atom is 0.418 e. The fraction of sp³-hybridized carbons (Fsp3) is 0.417. The molecule has 0 atom stereocenters. The van der Waals surface area contributed by atoms with E-state index in [1.54, 1.807) is 0 Å². The zero-order valence-corrected chi connectivity index (χ0v) is 10.8. The molecule has 1 rings (SSSR count). The average Bonchev–Trinajstić information content (AvgIpc) is 2.28. The highest BCUT2D eigenvalue weighted by molar-refractivity contribution is 7.80. The molecule has 0 saturated heterocycles. The molecule has 100 valence electrons. The number of halogens is 3. The topological polar surface area (TPSA) is 24.1 Å². The van der Waals surface area contributed by atoms with Crippen LogP contribution in [0, 0.1) is 0 Å². The minimum absolute atomic E-state index is 0.0287. The van der Waals surface area contributed by atoms with Crippen molar-refractivity contribution in [1.82, 2.24) is 5.32 Å². The summed E-state index contributed by atoms with van der Waals surface area (Å²) in [7, 11) is 0. The number of benzene rings is 1.